The standard InChI is InChI=1S/C17H20N6OS/c1-12-7-10-25-14(12)11-21-17(18-2)20-9-6-15-22-16(24-23-15)13-5-3-4-8-19-13/h3-5,7-8,10H,6,9,11H2,1-2H3,(H2,18,20,21). The molecule has 0 aliphatic carbocycles. The second kappa shape index (κ2) is 8.39. The Bertz CT molecular complexity index is 827. The predicted octanol–water partition coefficient (Wildman–Crippen LogP) is 2.41. The zero-order valence-electron chi connectivity index (χ0n) is 14.2. The molecule has 3 rings (SSSR count). The Labute approximate surface area is 150 Å². The van der Waals surface area contributed by atoms with Crippen LogP contribution < -0.4 is 10.6 Å². The summed E-state index contributed by atoms with van der Waals surface area (Å²) in [6, 6.07) is 7.70. The number of rotatable bonds is 6. The molecule has 25 heavy (non-hydrogen) atoms. The van der Waals surface area contributed by atoms with Gasteiger partial charge in [-0.3, -0.25) is 9.98 Å². The lowest BCUT2D eigenvalue weighted by molar-refractivity contribution is 0.421. The molecule has 0 radical (unpaired) electrons. The molecule has 8 heteroatoms. The van der Waals surface area contributed by atoms with Crippen LogP contribution in [0, 0.1) is 6.92 Å². The second-order valence-corrected chi connectivity index (χ2v) is 6.36. The Morgan fingerprint density at radius 2 is 2.20 bits per heavy atom. The molecule has 0 aromatic carbocycles. The first-order valence-corrected chi connectivity index (χ1v) is 8.85. The molecule has 130 valence electrons. The summed E-state index contributed by atoms with van der Waals surface area (Å²) in [6.45, 7) is 3.53. The molecule has 7 nitrogen and oxygen atoms in total. The van der Waals surface area contributed by atoms with Gasteiger partial charge in [-0.05, 0) is 36.1 Å². The summed E-state index contributed by atoms with van der Waals surface area (Å²) in [4.78, 5) is 14.1. The average Bonchev–Trinajstić information content (AvgIpc) is 3.28. The van der Waals surface area contributed by atoms with Gasteiger partial charge >= 0.3 is 0 Å². The average molecular weight is 356 g/mol. The summed E-state index contributed by atoms with van der Waals surface area (Å²) in [6.07, 6.45) is 2.33. The van der Waals surface area contributed by atoms with Gasteiger partial charge in [-0.25, -0.2) is 0 Å². The van der Waals surface area contributed by atoms with Crippen LogP contribution in [0.2, 0.25) is 0 Å². The first-order chi connectivity index (χ1) is 12.3. The third-order valence-electron chi connectivity index (χ3n) is 3.60. The van der Waals surface area contributed by atoms with E-state index in [1.807, 2.05) is 18.2 Å². The van der Waals surface area contributed by atoms with Crippen LogP contribution in [-0.4, -0.2) is 34.7 Å². The number of aliphatic imine (C=N–C) groups is 1. The van der Waals surface area contributed by atoms with Crippen LogP contribution in [0.3, 0.4) is 0 Å². The highest BCUT2D eigenvalue weighted by Crippen LogP contribution is 2.15. The van der Waals surface area contributed by atoms with Crippen molar-refractivity contribution in [2.45, 2.75) is 19.9 Å². The minimum Gasteiger partial charge on any atom is -0.356 e. The van der Waals surface area contributed by atoms with Crippen molar-refractivity contribution >= 4 is 17.3 Å². The van der Waals surface area contributed by atoms with Crippen molar-refractivity contribution in [3.63, 3.8) is 0 Å². The zero-order chi connectivity index (χ0) is 17.5. The van der Waals surface area contributed by atoms with Crippen molar-refractivity contribution in [2.75, 3.05) is 13.6 Å². The van der Waals surface area contributed by atoms with Crippen molar-refractivity contribution in [3.8, 4) is 11.6 Å². The highest BCUT2D eigenvalue weighted by atomic mass is 32.1. The molecule has 0 spiro atoms. The number of pyridine rings is 1. The monoisotopic (exact) mass is 356 g/mol. The van der Waals surface area contributed by atoms with Crippen LogP contribution in [0.4, 0.5) is 0 Å². The number of hydrogen-bond acceptors (Lipinski definition) is 6. The van der Waals surface area contributed by atoms with Gasteiger partial charge in [0.1, 0.15) is 5.69 Å². The van der Waals surface area contributed by atoms with Crippen LogP contribution in [0.15, 0.2) is 45.4 Å². The maximum atomic E-state index is 5.25. The summed E-state index contributed by atoms with van der Waals surface area (Å²) >= 11 is 1.74. The Morgan fingerprint density at radius 3 is 2.92 bits per heavy atom. The van der Waals surface area contributed by atoms with E-state index in [4.69, 9.17) is 4.52 Å². The van der Waals surface area contributed by atoms with E-state index in [0.717, 1.165) is 12.5 Å². The number of aromatic nitrogens is 3. The molecule has 3 heterocycles. The van der Waals surface area contributed by atoms with Gasteiger partial charge in [0.2, 0.25) is 0 Å². The number of aryl methyl sites for hydroxylation is 1. The summed E-state index contributed by atoms with van der Waals surface area (Å²) in [5, 5.41) is 12.6. The van der Waals surface area contributed by atoms with Gasteiger partial charge in [0, 0.05) is 31.1 Å². The van der Waals surface area contributed by atoms with Crippen molar-refractivity contribution in [1.82, 2.24) is 25.8 Å². The smallest absolute Gasteiger partial charge is 0.276 e. The maximum Gasteiger partial charge on any atom is 0.276 e. The minimum atomic E-state index is 0.436. The van der Waals surface area contributed by atoms with Crippen LogP contribution in [-0.2, 0) is 13.0 Å². The Morgan fingerprint density at radius 1 is 1.28 bits per heavy atom. The van der Waals surface area contributed by atoms with Crippen molar-refractivity contribution < 1.29 is 4.52 Å². The molecule has 0 aliphatic heterocycles. The Hall–Kier alpha value is -2.74. The minimum absolute atomic E-state index is 0.436. The number of nitrogens with one attached hydrogen (secondary N) is 2. The summed E-state index contributed by atoms with van der Waals surface area (Å²) in [7, 11) is 1.75. The topological polar surface area (TPSA) is 88.2 Å². The first-order valence-electron chi connectivity index (χ1n) is 7.97. The second-order valence-electron chi connectivity index (χ2n) is 5.36. The molecule has 0 saturated carbocycles. The molecule has 0 atom stereocenters. The largest absolute Gasteiger partial charge is 0.356 e. The van der Waals surface area contributed by atoms with E-state index < -0.39 is 0 Å². The lowest BCUT2D eigenvalue weighted by Gasteiger charge is -2.10. The number of thiophene rings is 1. The van der Waals surface area contributed by atoms with Gasteiger partial charge in [0.05, 0.1) is 6.54 Å². The fourth-order valence-electron chi connectivity index (χ4n) is 2.21. The highest BCUT2D eigenvalue weighted by molar-refractivity contribution is 7.10. The van der Waals surface area contributed by atoms with Gasteiger partial charge < -0.3 is 15.2 Å². The number of hydrogen-bond donors (Lipinski definition) is 2. The van der Waals surface area contributed by atoms with E-state index in [1.165, 1.54) is 10.4 Å². The van der Waals surface area contributed by atoms with Crippen LogP contribution >= 0.6 is 11.3 Å². The van der Waals surface area contributed by atoms with Crippen molar-refractivity contribution in [1.29, 1.82) is 0 Å². The molecule has 3 aromatic rings. The molecule has 0 saturated heterocycles. The Kier molecular flexibility index (Phi) is 5.73. The SMILES string of the molecule is CN=C(NCCc1noc(-c2ccccn2)n1)NCc1sccc1C. The van der Waals surface area contributed by atoms with E-state index in [2.05, 4.69) is 49.1 Å². The first kappa shape index (κ1) is 17.1. The lowest BCUT2D eigenvalue weighted by Crippen LogP contribution is -2.37. The lowest BCUT2D eigenvalue weighted by atomic mass is 10.3. The predicted molar refractivity (Wildman–Crippen MR) is 98.5 cm³/mol. The van der Waals surface area contributed by atoms with E-state index in [1.54, 1.807) is 24.6 Å². The molecule has 0 amide bonds. The Balaban J connectivity index is 1.47. The third kappa shape index (κ3) is 4.63. The van der Waals surface area contributed by atoms with Gasteiger partial charge in [-0.15, -0.1) is 11.3 Å². The van der Waals surface area contributed by atoms with Crippen molar-refractivity contribution in [3.05, 3.63) is 52.1 Å². The van der Waals surface area contributed by atoms with Crippen LogP contribution in [0.5, 0.6) is 0 Å². The molecular formula is C17H20N6OS. The molecule has 0 fully saturated rings. The van der Waals surface area contributed by atoms with Gasteiger partial charge in [-0.1, -0.05) is 11.2 Å². The van der Waals surface area contributed by atoms with E-state index in [9.17, 15) is 0 Å². The third-order valence-corrected chi connectivity index (χ3v) is 4.62. The van der Waals surface area contributed by atoms with Gasteiger partial charge in [-0.2, -0.15) is 4.98 Å². The van der Waals surface area contributed by atoms with Gasteiger partial charge in [0.25, 0.3) is 5.89 Å². The fourth-order valence-corrected chi connectivity index (χ4v) is 3.06. The normalized spacial score (nSPS) is 11.5. The van der Waals surface area contributed by atoms with Crippen LogP contribution in [0.25, 0.3) is 11.6 Å². The summed E-state index contributed by atoms with van der Waals surface area (Å²) < 4.78 is 5.25. The molecule has 0 aliphatic rings. The summed E-state index contributed by atoms with van der Waals surface area (Å²) in [5.41, 5.74) is 1.97. The summed E-state index contributed by atoms with van der Waals surface area (Å²) in [5.74, 6) is 1.82. The van der Waals surface area contributed by atoms with E-state index in [0.29, 0.717) is 30.4 Å². The molecule has 2 N–H and O–H groups in total. The maximum absolute atomic E-state index is 5.25. The zero-order valence-corrected chi connectivity index (χ0v) is 15.0. The number of guanidine groups is 1. The van der Waals surface area contributed by atoms with Crippen molar-refractivity contribution in [2.24, 2.45) is 4.99 Å². The fraction of sp³-hybridized carbons (Fsp3) is 0.294. The number of nitrogens with zero attached hydrogens (tertiary/aromatic N) is 4. The van der Waals surface area contributed by atoms with Gasteiger partial charge in [0.15, 0.2) is 11.8 Å². The molecule has 0 unspecified atom stereocenters. The quantitative estimate of drug-likeness (QED) is 0.521. The highest BCUT2D eigenvalue weighted by Gasteiger charge is 2.09. The van der Waals surface area contributed by atoms with Crippen LogP contribution in [0.1, 0.15) is 16.3 Å². The van der Waals surface area contributed by atoms with E-state index in [-0.39, 0.29) is 0 Å². The van der Waals surface area contributed by atoms with E-state index >= 15 is 0 Å². The molecule has 0 bridgehead atoms. The molecular weight excluding hydrogens is 336 g/mol. The molecule has 3 aromatic heterocycles.